The molecular weight excluding hydrogens is 298 g/mol. The molecule has 0 unspecified atom stereocenters. The number of ether oxygens (including phenoxy) is 2. The van der Waals surface area contributed by atoms with Crippen molar-refractivity contribution in [2.24, 2.45) is 11.3 Å². The lowest BCUT2D eigenvalue weighted by Crippen LogP contribution is -2.40. The van der Waals surface area contributed by atoms with E-state index < -0.39 is 5.97 Å². The minimum atomic E-state index is -0.580. The highest BCUT2D eigenvalue weighted by Gasteiger charge is 2.31. The largest absolute Gasteiger partial charge is 0.463 e. The van der Waals surface area contributed by atoms with Crippen LogP contribution in [0.2, 0.25) is 0 Å². The molecule has 1 fully saturated rings. The smallest absolute Gasteiger partial charge is 0.374 e. The fraction of sp³-hybridized carbons (Fsp3) is 0.647. The van der Waals surface area contributed by atoms with Crippen molar-refractivity contribution in [1.82, 2.24) is 5.32 Å². The summed E-state index contributed by atoms with van der Waals surface area (Å²) in [5, 5.41) is 2.91. The Morgan fingerprint density at radius 3 is 2.61 bits per heavy atom. The molecule has 23 heavy (non-hydrogen) atoms. The fourth-order valence-corrected chi connectivity index (χ4v) is 2.91. The molecule has 6 nitrogen and oxygen atoms in total. The molecule has 1 aliphatic rings. The lowest BCUT2D eigenvalue weighted by Gasteiger charge is -2.37. The Morgan fingerprint density at radius 2 is 2.00 bits per heavy atom. The monoisotopic (exact) mass is 323 g/mol. The molecule has 0 bridgehead atoms. The van der Waals surface area contributed by atoms with Gasteiger partial charge in [-0.05, 0) is 37.2 Å². The number of amides is 1. The zero-order chi connectivity index (χ0) is 17.0. The van der Waals surface area contributed by atoms with Gasteiger partial charge < -0.3 is 19.2 Å². The molecule has 1 aromatic rings. The predicted molar refractivity (Wildman–Crippen MR) is 84.4 cm³/mol. The highest BCUT2D eigenvalue weighted by atomic mass is 16.5. The van der Waals surface area contributed by atoms with Crippen LogP contribution in [0.1, 0.15) is 53.4 Å². The molecule has 1 amide bonds. The molecule has 6 heteroatoms. The van der Waals surface area contributed by atoms with Gasteiger partial charge >= 0.3 is 5.97 Å². The van der Waals surface area contributed by atoms with E-state index >= 15 is 0 Å². The normalized spacial score (nSPS) is 16.2. The minimum Gasteiger partial charge on any atom is -0.463 e. The maximum atomic E-state index is 12.3. The van der Waals surface area contributed by atoms with Crippen LogP contribution in [0.25, 0.3) is 0 Å². The summed E-state index contributed by atoms with van der Waals surface area (Å²) in [4.78, 5) is 23.8. The summed E-state index contributed by atoms with van der Waals surface area (Å²) in [7, 11) is 1.28. The molecular formula is C17H25NO5. The van der Waals surface area contributed by atoms with Gasteiger partial charge in [0.1, 0.15) is 0 Å². The van der Waals surface area contributed by atoms with E-state index in [2.05, 4.69) is 23.9 Å². The lowest BCUT2D eigenvalue weighted by atomic mass is 9.74. The molecule has 0 aliphatic carbocycles. The average molecular weight is 323 g/mol. The Kier molecular flexibility index (Phi) is 5.46. The molecule has 2 heterocycles. The number of hydrogen-bond donors (Lipinski definition) is 1. The third-order valence-corrected chi connectivity index (χ3v) is 4.54. The van der Waals surface area contributed by atoms with Gasteiger partial charge in [-0.3, -0.25) is 4.79 Å². The van der Waals surface area contributed by atoms with E-state index in [1.807, 2.05) is 0 Å². The number of carbonyl (C=O) groups excluding carboxylic acids is 2. The Hall–Kier alpha value is -1.82. The molecule has 0 saturated carbocycles. The van der Waals surface area contributed by atoms with Crippen molar-refractivity contribution in [1.29, 1.82) is 0 Å². The third kappa shape index (κ3) is 4.13. The summed E-state index contributed by atoms with van der Waals surface area (Å²) in [5.41, 5.74) is 0.567. The lowest BCUT2D eigenvalue weighted by molar-refractivity contribution is 0.0226. The quantitative estimate of drug-likeness (QED) is 0.843. The zero-order valence-electron chi connectivity index (χ0n) is 14.2. The number of esters is 1. The Balaban J connectivity index is 1.97. The average Bonchev–Trinajstić information content (AvgIpc) is 2.94. The summed E-state index contributed by atoms with van der Waals surface area (Å²) in [6, 6.07) is 1.56. The Morgan fingerprint density at radius 1 is 1.35 bits per heavy atom. The van der Waals surface area contributed by atoms with E-state index in [1.165, 1.54) is 7.11 Å². The van der Waals surface area contributed by atoms with Gasteiger partial charge in [0.05, 0.1) is 7.11 Å². The topological polar surface area (TPSA) is 77.8 Å². The van der Waals surface area contributed by atoms with Crippen molar-refractivity contribution in [3.63, 3.8) is 0 Å². The second kappa shape index (κ2) is 7.17. The summed E-state index contributed by atoms with van der Waals surface area (Å²) in [6.07, 6.45) is 2.02. The van der Waals surface area contributed by atoms with Crippen molar-refractivity contribution >= 4 is 11.9 Å². The molecule has 0 radical (unpaired) electrons. The molecule has 128 valence electrons. The van der Waals surface area contributed by atoms with Crippen molar-refractivity contribution in [3.05, 3.63) is 23.2 Å². The van der Waals surface area contributed by atoms with Crippen LogP contribution in [-0.4, -0.2) is 38.7 Å². The number of methoxy groups -OCH3 is 1. The summed E-state index contributed by atoms with van der Waals surface area (Å²) >= 11 is 0. The summed E-state index contributed by atoms with van der Waals surface area (Å²) in [6.45, 7) is 8.11. The number of aryl methyl sites for hydroxylation is 1. The van der Waals surface area contributed by atoms with E-state index in [0.29, 0.717) is 18.0 Å². The molecule has 1 N–H and O–H groups in total. The molecule has 1 aromatic heterocycles. The fourth-order valence-electron chi connectivity index (χ4n) is 2.91. The van der Waals surface area contributed by atoms with Gasteiger partial charge in [-0.2, -0.15) is 0 Å². The van der Waals surface area contributed by atoms with Crippen LogP contribution in [0.5, 0.6) is 0 Å². The minimum absolute atomic E-state index is 0.0216. The van der Waals surface area contributed by atoms with E-state index in [1.54, 1.807) is 13.0 Å². The van der Waals surface area contributed by atoms with Crippen LogP contribution in [-0.2, 0) is 9.47 Å². The number of furan rings is 1. The zero-order valence-corrected chi connectivity index (χ0v) is 14.2. The van der Waals surface area contributed by atoms with Gasteiger partial charge in [-0.25, -0.2) is 4.79 Å². The van der Waals surface area contributed by atoms with Crippen molar-refractivity contribution < 1.29 is 23.5 Å². The van der Waals surface area contributed by atoms with Gasteiger partial charge in [-0.15, -0.1) is 0 Å². The number of rotatable bonds is 5. The van der Waals surface area contributed by atoms with Crippen molar-refractivity contribution in [2.45, 2.75) is 33.6 Å². The maximum absolute atomic E-state index is 12.3. The predicted octanol–water partition coefficient (Wildman–Crippen LogP) is 2.56. The van der Waals surface area contributed by atoms with Gasteiger partial charge in [0.15, 0.2) is 5.76 Å². The van der Waals surface area contributed by atoms with Crippen LogP contribution < -0.4 is 5.32 Å². The third-order valence-electron chi connectivity index (χ3n) is 4.54. The maximum Gasteiger partial charge on any atom is 0.374 e. The van der Waals surface area contributed by atoms with E-state index in [0.717, 1.165) is 26.1 Å². The van der Waals surface area contributed by atoms with Gasteiger partial charge in [0.2, 0.25) is 5.76 Å². The summed E-state index contributed by atoms with van der Waals surface area (Å²) < 4.78 is 15.4. The molecule has 0 spiro atoms. The van der Waals surface area contributed by atoms with Gasteiger partial charge in [0, 0.05) is 25.3 Å². The van der Waals surface area contributed by atoms with Crippen molar-refractivity contribution in [3.8, 4) is 0 Å². The second-order valence-corrected chi connectivity index (χ2v) is 6.67. The highest BCUT2D eigenvalue weighted by Crippen LogP contribution is 2.33. The van der Waals surface area contributed by atoms with Crippen LogP contribution in [0, 0.1) is 18.3 Å². The molecule has 1 saturated heterocycles. The Labute approximate surface area is 136 Å². The molecule has 1 aliphatic heterocycles. The second-order valence-electron chi connectivity index (χ2n) is 6.67. The first-order valence-corrected chi connectivity index (χ1v) is 7.90. The Bertz CT molecular complexity index is 570. The van der Waals surface area contributed by atoms with Gasteiger partial charge in [0.25, 0.3) is 5.91 Å². The molecule has 2 rings (SSSR count). The first kappa shape index (κ1) is 17.5. The van der Waals surface area contributed by atoms with E-state index in [9.17, 15) is 9.59 Å². The number of nitrogens with one attached hydrogen (secondary N) is 1. The van der Waals surface area contributed by atoms with Crippen LogP contribution in [0.3, 0.4) is 0 Å². The molecule has 0 atom stereocenters. The standard InChI is InChI=1S/C17H25NO5/c1-11-9-13(23-14(11)16(20)21-4)15(19)18-10-17(2,3)12-5-7-22-8-6-12/h9,12H,5-8,10H2,1-4H3,(H,18,19). The number of carbonyl (C=O) groups is 2. The first-order valence-electron chi connectivity index (χ1n) is 7.90. The SMILES string of the molecule is COC(=O)c1oc(C(=O)NCC(C)(C)C2CCOCC2)cc1C. The first-order chi connectivity index (χ1) is 10.8. The number of hydrogen-bond acceptors (Lipinski definition) is 5. The van der Waals surface area contributed by atoms with Gasteiger partial charge in [-0.1, -0.05) is 13.8 Å². The van der Waals surface area contributed by atoms with Crippen LogP contribution in [0.15, 0.2) is 10.5 Å². The van der Waals surface area contributed by atoms with E-state index in [4.69, 9.17) is 9.15 Å². The van der Waals surface area contributed by atoms with Crippen LogP contribution >= 0.6 is 0 Å². The highest BCUT2D eigenvalue weighted by molar-refractivity contribution is 5.94. The van der Waals surface area contributed by atoms with Crippen molar-refractivity contribution in [2.75, 3.05) is 26.9 Å². The van der Waals surface area contributed by atoms with E-state index in [-0.39, 0.29) is 22.8 Å². The molecule has 0 aromatic carbocycles. The summed E-state index contributed by atoms with van der Waals surface area (Å²) in [5.74, 6) is -0.181. The van der Waals surface area contributed by atoms with Crippen LogP contribution in [0.4, 0.5) is 0 Å².